The number of aromatic nitrogens is 2. The molecule has 4 nitrogen and oxygen atoms in total. The summed E-state index contributed by atoms with van der Waals surface area (Å²) in [6, 6.07) is 8.22. The van der Waals surface area contributed by atoms with Crippen molar-refractivity contribution in [3.8, 4) is 0 Å². The molecular weight excluding hydrogens is 245 g/mol. The summed E-state index contributed by atoms with van der Waals surface area (Å²) in [6.07, 6.45) is 4.41. The summed E-state index contributed by atoms with van der Waals surface area (Å²) in [4.78, 5) is 11.8. The van der Waals surface area contributed by atoms with E-state index >= 15 is 0 Å². The molecule has 98 valence electrons. The zero-order chi connectivity index (χ0) is 13.2. The average Bonchev–Trinajstić information content (AvgIpc) is 3.14. The molecule has 0 radical (unpaired) electrons. The monoisotopic (exact) mass is 259 g/mol. The molecule has 0 spiro atoms. The number of carbonyl (C=O) groups is 1. The van der Waals surface area contributed by atoms with Gasteiger partial charge in [-0.15, -0.1) is 0 Å². The maximum atomic E-state index is 12.7. The van der Waals surface area contributed by atoms with Crippen molar-refractivity contribution in [3.05, 3.63) is 47.9 Å². The lowest BCUT2D eigenvalue weighted by Gasteiger charge is -2.02. The summed E-state index contributed by atoms with van der Waals surface area (Å²) in [5.74, 6) is 0.124. The normalized spacial score (nSPS) is 14.4. The first-order chi connectivity index (χ1) is 9.20. The predicted octanol–water partition coefficient (Wildman–Crippen LogP) is 2.54. The van der Waals surface area contributed by atoms with Crippen molar-refractivity contribution in [1.29, 1.82) is 0 Å². The van der Waals surface area contributed by atoms with Gasteiger partial charge in [0.1, 0.15) is 5.82 Å². The predicted molar refractivity (Wildman–Crippen MR) is 69.2 cm³/mol. The number of rotatable bonds is 4. The van der Waals surface area contributed by atoms with Crippen LogP contribution in [0.2, 0.25) is 0 Å². The van der Waals surface area contributed by atoms with E-state index in [9.17, 15) is 9.18 Å². The fraction of sp³-hybridized carbons (Fsp3) is 0.286. The SMILES string of the molecule is O=C(Cc1ccc(F)cc1)Nc1ccn(C2CC2)n1. The zero-order valence-corrected chi connectivity index (χ0v) is 10.3. The molecule has 5 heteroatoms. The summed E-state index contributed by atoms with van der Waals surface area (Å²) < 4.78 is 14.6. The molecule has 0 aliphatic heterocycles. The Kier molecular flexibility index (Phi) is 3.03. The smallest absolute Gasteiger partial charge is 0.229 e. The quantitative estimate of drug-likeness (QED) is 0.917. The summed E-state index contributed by atoms with van der Waals surface area (Å²) >= 11 is 0. The van der Waals surface area contributed by atoms with Gasteiger partial charge in [-0.1, -0.05) is 12.1 Å². The Morgan fingerprint density at radius 1 is 1.32 bits per heavy atom. The van der Waals surface area contributed by atoms with E-state index in [0.717, 1.165) is 18.4 Å². The van der Waals surface area contributed by atoms with Gasteiger partial charge in [-0.2, -0.15) is 5.10 Å². The third kappa shape index (κ3) is 2.99. The average molecular weight is 259 g/mol. The number of nitrogens with zero attached hydrogens (tertiary/aromatic N) is 2. The zero-order valence-electron chi connectivity index (χ0n) is 10.3. The van der Waals surface area contributed by atoms with Gasteiger partial charge < -0.3 is 5.32 Å². The molecule has 19 heavy (non-hydrogen) atoms. The molecule has 1 aromatic carbocycles. The lowest BCUT2D eigenvalue weighted by Crippen LogP contribution is -2.15. The maximum Gasteiger partial charge on any atom is 0.229 e. The lowest BCUT2D eigenvalue weighted by molar-refractivity contribution is -0.115. The van der Waals surface area contributed by atoms with Crippen molar-refractivity contribution in [2.45, 2.75) is 25.3 Å². The summed E-state index contributed by atoms with van der Waals surface area (Å²) in [7, 11) is 0. The molecule has 0 bridgehead atoms. The van der Waals surface area contributed by atoms with Gasteiger partial charge in [-0.3, -0.25) is 9.48 Å². The van der Waals surface area contributed by atoms with Crippen LogP contribution in [0, 0.1) is 5.82 Å². The largest absolute Gasteiger partial charge is 0.309 e. The molecule has 1 aliphatic carbocycles. The topological polar surface area (TPSA) is 46.9 Å². The van der Waals surface area contributed by atoms with Crippen molar-refractivity contribution < 1.29 is 9.18 Å². The van der Waals surface area contributed by atoms with Gasteiger partial charge in [-0.05, 0) is 30.5 Å². The number of halogens is 1. The maximum absolute atomic E-state index is 12.7. The van der Waals surface area contributed by atoms with E-state index in [1.54, 1.807) is 18.2 Å². The van der Waals surface area contributed by atoms with E-state index in [4.69, 9.17) is 0 Å². The Hall–Kier alpha value is -2.17. The third-order valence-electron chi connectivity index (χ3n) is 3.07. The first kappa shape index (κ1) is 11.9. The van der Waals surface area contributed by atoms with Gasteiger partial charge in [0.2, 0.25) is 5.91 Å². The van der Waals surface area contributed by atoms with Crippen LogP contribution in [0.25, 0.3) is 0 Å². The molecule has 3 rings (SSSR count). The first-order valence-corrected chi connectivity index (χ1v) is 6.30. The second-order valence-corrected chi connectivity index (χ2v) is 4.76. The Morgan fingerprint density at radius 2 is 2.05 bits per heavy atom. The second kappa shape index (κ2) is 4.84. The number of nitrogens with one attached hydrogen (secondary N) is 1. The minimum absolute atomic E-state index is 0.146. The van der Waals surface area contributed by atoms with E-state index in [0.29, 0.717) is 11.9 Å². The van der Waals surface area contributed by atoms with Crippen molar-refractivity contribution in [2.24, 2.45) is 0 Å². The molecule has 0 saturated heterocycles. The van der Waals surface area contributed by atoms with E-state index in [1.807, 2.05) is 10.9 Å². The van der Waals surface area contributed by atoms with Gasteiger partial charge in [0.25, 0.3) is 0 Å². The first-order valence-electron chi connectivity index (χ1n) is 6.30. The number of hydrogen-bond acceptors (Lipinski definition) is 2. The molecular formula is C14H14FN3O. The number of benzene rings is 1. The van der Waals surface area contributed by atoms with E-state index in [2.05, 4.69) is 10.4 Å². The Morgan fingerprint density at radius 3 is 2.74 bits per heavy atom. The van der Waals surface area contributed by atoms with Gasteiger partial charge in [0, 0.05) is 12.3 Å². The lowest BCUT2D eigenvalue weighted by atomic mass is 10.1. The molecule has 1 aliphatic rings. The summed E-state index contributed by atoms with van der Waals surface area (Å²) in [5.41, 5.74) is 0.778. The van der Waals surface area contributed by atoms with Crippen molar-refractivity contribution in [3.63, 3.8) is 0 Å². The van der Waals surface area contributed by atoms with E-state index < -0.39 is 0 Å². The molecule has 1 N–H and O–H groups in total. The minimum atomic E-state index is -0.299. The van der Waals surface area contributed by atoms with Gasteiger partial charge >= 0.3 is 0 Å². The molecule has 1 amide bonds. The molecule has 1 heterocycles. The summed E-state index contributed by atoms with van der Waals surface area (Å²) in [6.45, 7) is 0. The van der Waals surface area contributed by atoms with Gasteiger partial charge in [0.05, 0.1) is 12.5 Å². The Bertz CT molecular complexity index is 587. The molecule has 1 saturated carbocycles. The highest BCUT2D eigenvalue weighted by atomic mass is 19.1. The second-order valence-electron chi connectivity index (χ2n) is 4.76. The highest BCUT2D eigenvalue weighted by molar-refractivity contribution is 5.91. The molecule has 1 fully saturated rings. The minimum Gasteiger partial charge on any atom is -0.309 e. The van der Waals surface area contributed by atoms with Crippen LogP contribution in [0.1, 0.15) is 24.4 Å². The van der Waals surface area contributed by atoms with E-state index in [-0.39, 0.29) is 18.1 Å². The van der Waals surface area contributed by atoms with Gasteiger partial charge in [-0.25, -0.2) is 4.39 Å². The van der Waals surface area contributed by atoms with E-state index in [1.165, 1.54) is 12.1 Å². The molecule has 0 atom stereocenters. The fourth-order valence-corrected chi connectivity index (χ4v) is 1.92. The summed E-state index contributed by atoms with van der Waals surface area (Å²) in [5, 5.41) is 7.04. The Labute approximate surface area is 110 Å². The molecule has 2 aromatic rings. The van der Waals surface area contributed by atoms with Crippen LogP contribution < -0.4 is 5.32 Å². The number of anilines is 1. The van der Waals surface area contributed by atoms with Gasteiger partial charge in [0.15, 0.2) is 5.82 Å². The fourth-order valence-electron chi connectivity index (χ4n) is 1.92. The van der Waals surface area contributed by atoms with Crippen LogP contribution in [0.3, 0.4) is 0 Å². The standard InChI is InChI=1S/C14H14FN3O/c15-11-3-1-10(2-4-11)9-14(19)16-13-7-8-18(17-13)12-5-6-12/h1-4,7-8,12H,5-6,9H2,(H,16,17,19). The molecule has 1 aromatic heterocycles. The number of carbonyl (C=O) groups excluding carboxylic acids is 1. The van der Waals surface area contributed by atoms with Crippen molar-refractivity contribution >= 4 is 11.7 Å². The van der Waals surface area contributed by atoms with Crippen LogP contribution in [0.4, 0.5) is 10.2 Å². The highest BCUT2D eigenvalue weighted by Crippen LogP contribution is 2.34. The van der Waals surface area contributed by atoms with Crippen molar-refractivity contribution in [1.82, 2.24) is 9.78 Å². The van der Waals surface area contributed by atoms with Crippen LogP contribution in [0.15, 0.2) is 36.5 Å². The van der Waals surface area contributed by atoms with Crippen LogP contribution in [0.5, 0.6) is 0 Å². The molecule has 0 unspecified atom stereocenters. The van der Waals surface area contributed by atoms with Crippen LogP contribution in [-0.4, -0.2) is 15.7 Å². The third-order valence-corrected chi connectivity index (χ3v) is 3.07. The van der Waals surface area contributed by atoms with Crippen molar-refractivity contribution in [2.75, 3.05) is 5.32 Å². The number of amides is 1. The number of hydrogen-bond donors (Lipinski definition) is 1. The highest BCUT2D eigenvalue weighted by Gasteiger charge is 2.24. The van der Waals surface area contributed by atoms with Crippen LogP contribution in [-0.2, 0) is 11.2 Å². The van der Waals surface area contributed by atoms with Crippen LogP contribution >= 0.6 is 0 Å². The Balaban J connectivity index is 1.59.